The molecule has 0 radical (unpaired) electrons. The number of esters is 1. The van der Waals surface area contributed by atoms with E-state index in [1.54, 1.807) is 37.6 Å². The van der Waals surface area contributed by atoms with Crippen LogP contribution in [0.2, 0.25) is 5.02 Å². The highest BCUT2D eigenvalue weighted by Gasteiger charge is 2.57. The molecule has 2 bridgehead atoms. The molecule has 210 valence electrons. The Hall–Kier alpha value is -2.92. The second-order valence-corrected chi connectivity index (χ2v) is 10.4. The number of hydrogen-bond donors (Lipinski definition) is 0. The minimum atomic E-state index is -6.00. The molecule has 4 heterocycles. The summed E-state index contributed by atoms with van der Waals surface area (Å²) < 4.78 is 66.5. The van der Waals surface area contributed by atoms with Crippen molar-refractivity contribution in [2.45, 2.75) is 38.3 Å². The summed E-state index contributed by atoms with van der Waals surface area (Å²) in [4.78, 5) is 17.7. The van der Waals surface area contributed by atoms with E-state index in [0.29, 0.717) is 47.7 Å². The number of pyridine rings is 1. The summed E-state index contributed by atoms with van der Waals surface area (Å²) in [5.41, 5.74) is 1.89. The third kappa shape index (κ3) is 6.81. The molecule has 0 aliphatic carbocycles. The number of carbonyl (C=O) groups is 1. The van der Waals surface area contributed by atoms with E-state index in [0.717, 1.165) is 29.3 Å². The third-order valence-electron chi connectivity index (χ3n) is 7.69. The summed E-state index contributed by atoms with van der Waals surface area (Å²) in [6.07, 6.45) is 3.45. The number of quaternary nitrogens is 1. The highest BCUT2D eigenvalue weighted by molar-refractivity contribution is 6.50. The molecule has 1 unspecified atom stereocenters. The molecule has 3 fully saturated rings. The number of piperidine rings is 3. The van der Waals surface area contributed by atoms with Gasteiger partial charge in [0.25, 0.3) is 0 Å². The van der Waals surface area contributed by atoms with Crippen LogP contribution in [-0.4, -0.2) is 49.2 Å². The predicted octanol–water partition coefficient (Wildman–Crippen LogP) is 7.61. The number of halogens is 6. The molecule has 0 spiro atoms. The lowest BCUT2D eigenvalue weighted by atomic mass is 9.72. The highest BCUT2D eigenvalue weighted by Crippen LogP contribution is 2.49. The van der Waals surface area contributed by atoms with Gasteiger partial charge in [-0.2, -0.15) is 0 Å². The van der Waals surface area contributed by atoms with E-state index in [9.17, 15) is 22.1 Å². The number of ether oxygens (including phenoxy) is 2. The first kappa shape index (κ1) is 29.1. The summed E-state index contributed by atoms with van der Waals surface area (Å²) in [6, 6.07) is 13.5. The normalized spacial score (nSPS) is 25.0. The van der Waals surface area contributed by atoms with Crippen LogP contribution in [0.1, 0.15) is 48.2 Å². The molecule has 12 heteroatoms. The molecule has 3 aliphatic rings. The van der Waals surface area contributed by atoms with Crippen LogP contribution in [0.15, 0.2) is 54.7 Å². The molecule has 1 aromatic heterocycles. The zero-order valence-electron chi connectivity index (χ0n) is 21.5. The number of nitrogens with zero attached hydrogens (tertiary/aromatic N) is 2. The fraction of sp³-hybridized carbons (Fsp3) is 0.407. The van der Waals surface area contributed by atoms with Gasteiger partial charge in [-0.1, -0.05) is 18.5 Å². The van der Waals surface area contributed by atoms with E-state index in [-0.39, 0.29) is 0 Å². The summed E-state index contributed by atoms with van der Waals surface area (Å²) in [5, 5.41) is 1.34. The van der Waals surface area contributed by atoms with Crippen molar-refractivity contribution in [3.05, 3.63) is 70.9 Å². The van der Waals surface area contributed by atoms with Crippen molar-refractivity contribution >= 4 is 35.7 Å². The Bertz CT molecular complexity index is 1310. The van der Waals surface area contributed by atoms with E-state index < -0.39 is 30.1 Å². The van der Waals surface area contributed by atoms with E-state index in [2.05, 4.69) is 11.9 Å². The number of rotatable bonds is 6. The van der Waals surface area contributed by atoms with Crippen molar-refractivity contribution in [1.29, 1.82) is 0 Å². The molecule has 5 atom stereocenters. The van der Waals surface area contributed by atoms with Crippen LogP contribution >= 0.6 is 11.6 Å². The minimum absolute atomic E-state index is 0.358. The average Bonchev–Trinajstić information content (AvgIpc) is 2.90. The van der Waals surface area contributed by atoms with Gasteiger partial charge in [-0.05, 0) is 65.4 Å². The third-order valence-corrected chi connectivity index (χ3v) is 7.94. The monoisotopic (exact) mass is 570 g/mol. The van der Waals surface area contributed by atoms with Gasteiger partial charge in [0, 0.05) is 40.9 Å². The van der Waals surface area contributed by atoms with Gasteiger partial charge in [0.05, 0.1) is 18.2 Å². The van der Waals surface area contributed by atoms with Gasteiger partial charge in [-0.15, -0.1) is 4.71 Å². The van der Waals surface area contributed by atoms with Crippen LogP contribution in [0, 0.1) is 11.8 Å². The lowest BCUT2D eigenvalue weighted by Crippen LogP contribution is -2.64. The first-order valence-electron chi connectivity index (χ1n) is 12.7. The predicted molar refractivity (Wildman–Crippen MR) is 139 cm³/mol. The van der Waals surface area contributed by atoms with Crippen molar-refractivity contribution in [2.24, 2.45) is 11.8 Å². The lowest BCUT2D eigenvalue weighted by Gasteiger charge is -2.51. The maximum Gasteiger partial charge on any atom is 0.673 e. The largest absolute Gasteiger partial charge is 0.673 e. The van der Waals surface area contributed by atoms with Crippen molar-refractivity contribution in [3.63, 3.8) is 0 Å². The zero-order chi connectivity index (χ0) is 28.4. The Morgan fingerprint density at radius 2 is 1.85 bits per heavy atom. The van der Waals surface area contributed by atoms with E-state index >= 15 is 4.48 Å². The van der Waals surface area contributed by atoms with Crippen molar-refractivity contribution in [1.82, 2.24) is 4.98 Å². The maximum absolute atomic E-state index is 16.5. The number of benzene rings is 2. The molecule has 0 saturated carbocycles. The molecule has 3 aliphatic heterocycles. The van der Waals surface area contributed by atoms with E-state index in [1.165, 1.54) is 0 Å². The Morgan fingerprint density at radius 3 is 2.46 bits per heavy atom. The Morgan fingerprint density at radius 1 is 1.15 bits per heavy atom. The van der Waals surface area contributed by atoms with Crippen LogP contribution < -0.4 is 4.74 Å². The SMILES string of the molecule is CC[C@H]1C[N+]2(F)CC[C@H]1C[C@@H]2[C@@H](OC(=O)c1ccc(Cl)cc1)c1ccnc2ccc(OC)cc12.F[B-](F)(F)F. The van der Waals surface area contributed by atoms with E-state index in [1.807, 2.05) is 24.3 Å². The summed E-state index contributed by atoms with van der Waals surface area (Å²) in [6.45, 7) is 3.05. The van der Waals surface area contributed by atoms with Gasteiger partial charge < -0.3 is 26.7 Å². The molecule has 5 nitrogen and oxygen atoms in total. The molecule has 0 N–H and O–H groups in total. The first-order valence-corrected chi connectivity index (χ1v) is 13.1. The van der Waals surface area contributed by atoms with E-state index in [4.69, 9.17) is 21.1 Å². The van der Waals surface area contributed by atoms with Crippen molar-refractivity contribution in [3.8, 4) is 5.75 Å². The summed E-state index contributed by atoms with van der Waals surface area (Å²) >= 11 is 6.00. The number of hydrogen-bond acceptors (Lipinski definition) is 4. The van der Waals surface area contributed by atoms with Gasteiger partial charge >= 0.3 is 13.2 Å². The maximum atomic E-state index is 16.5. The fourth-order valence-electron chi connectivity index (χ4n) is 5.83. The standard InChI is InChI=1S/C27H29ClFN2O3.BF4/c1-3-17-16-31(29)13-11-19(17)14-25(31)26(34-27(32)18-4-6-20(28)7-5-18)22-10-12-30-24-9-8-21(33-2)15-23(22)24;2-1(3,4)5/h4-10,12,15,17,19,25-26H,3,11,13-14,16H2,1-2H3;/q+1;-1/t17-,19-,25+,26-,31?;/m0./s1. The molecule has 2 aromatic carbocycles. The van der Waals surface area contributed by atoms with Gasteiger partial charge in [-0.25, -0.2) is 4.79 Å². The Kier molecular flexibility index (Phi) is 8.71. The van der Waals surface area contributed by atoms with Gasteiger partial charge in [-0.3, -0.25) is 4.98 Å². The Labute approximate surface area is 228 Å². The number of carbonyl (C=O) groups excluding carboxylic acids is 1. The molecule has 3 aromatic rings. The Balaban J connectivity index is 0.000000648. The topological polar surface area (TPSA) is 48.4 Å². The second kappa shape index (κ2) is 11.7. The second-order valence-electron chi connectivity index (χ2n) is 9.96. The number of methoxy groups -OCH3 is 1. The minimum Gasteiger partial charge on any atom is -0.497 e. The van der Waals surface area contributed by atoms with Crippen molar-refractivity contribution < 1.29 is 40.7 Å². The molecular weight excluding hydrogens is 542 g/mol. The quantitative estimate of drug-likeness (QED) is 0.132. The van der Waals surface area contributed by atoms with Crippen LogP contribution in [-0.2, 0) is 4.74 Å². The highest BCUT2D eigenvalue weighted by atomic mass is 35.5. The van der Waals surface area contributed by atoms with Gasteiger partial charge in [0.15, 0.2) is 12.1 Å². The molecule has 6 rings (SSSR count). The van der Waals surface area contributed by atoms with Crippen LogP contribution in [0.4, 0.5) is 21.7 Å². The molecular formula is C27H29BClF5N2O3. The molecule has 3 saturated heterocycles. The number of aromatic nitrogens is 1. The van der Waals surface area contributed by atoms with Crippen LogP contribution in [0.25, 0.3) is 10.9 Å². The first-order chi connectivity index (χ1) is 18.4. The molecule has 0 amide bonds. The average molecular weight is 571 g/mol. The summed E-state index contributed by atoms with van der Waals surface area (Å²) in [7, 11) is -4.40. The fourth-order valence-corrected chi connectivity index (χ4v) is 5.95. The summed E-state index contributed by atoms with van der Waals surface area (Å²) in [5.74, 6) is 0.975. The van der Waals surface area contributed by atoms with Gasteiger partial charge in [0.1, 0.15) is 18.8 Å². The van der Waals surface area contributed by atoms with Crippen LogP contribution in [0.5, 0.6) is 5.75 Å². The number of fused-ring (bicyclic) bond motifs is 4. The zero-order valence-corrected chi connectivity index (χ0v) is 22.3. The smallest absolute Gasteiger partial charge is 0.497 e. The van der Waals surface area contributed by atoms with Crippen LogP contribution in [0.3, 0.4) is 0 Å². The lowest BCUT2D eigenvalue weighted by molar-refractivity contribution is -1.09. The van der Waals surface area contributed by atoms with Crippen molar-refractivity contribution in [2.75, 3.05) is 20.2 Å². The van der Waals surface area contributed by atoms with Gasteiger partial charge in [0.2, 0.25) is 0 Å². The molecule has 39 heavy (non-hydrogen) atoms.